The Labute approximate surface area is 103 Å². The normalized spacial score (nSPS) is 9.22. The van der Waals surface area contributed by atoms with Gasteiger partial charge < -0.3 is 11.1 Å². The van der Waals surface area contributed by atoms with Crippen molar-refractivity contribution in [1.29, 1.82) is 10.5 Å². The van der Waals surface area contributed by atoms with Gasteiger partial charge in [-0.3, -0.25) is 0 Å². The third-order valence-corrected chi connectivity index (χ3v) is 2.26. The summed E-state index contributed by atoms with van der Waals surface area (Å²) in [5, 5.41) is 20.7. The van der Waals surface area contributed by atoms with Gasteiger partial charge in [0.05, 0.1) is 23.0 Å². The molecule has 0 unspecified atom stereocenters. The number of nitrogens with zero attached hydrogens (tertiary/aromatic N) is 4. The molecule has 2 rings (SSSR count). The van der Waals surface area contributed by atoms with Crippen molar-refractivity contribution in [3.63, 3.8) is 0 Å². The largest absolute Gasteiger partial charge is 0.394 e. The van der Waals surface area contributed by atoms with Crippen LogP contribution in [0.3, 0.4) is 0 Å². The minimum Gasteiger partial charge on any atom is -0.394 e. The number of benzene rings is 1. The standard InChI is InChI=1S/C12H8N6/c13-4-8-1-2-10(3-9(8)5-14)18-12-11(15)6-16-7-17-12/h1-3,6-7H,15H2,(H,16,17,18). The van der Waals surface area contributed by atoms with Crippen LogP contribution in [0, 0.1) is 22.7 Å². The lowest BCUT2D eigenvalue weighted by atomic mass is 10.1. The molecular weight excluding hydrogens is 228 g/mol. The van der Waals surface area contributed by atoms with E-state index >= 15 is 0 Å². The maximum atomic E-state index is 8.92. The molecule has 18 heavy (non-hydrogen) atoms. The molecular formula is C12H8N6. The smallest absolute Gasteiger partial charge is 0.157 e. The van der Waals surface area contributed by atoms with E-state index in [9.17, 15) is 0 Å². The van der Waals surface area contributed by atoms with Crippen LogP contribution in [-0.2, 0) is 0 Å². The lowest BCUT2D eigenvalue weighted by molar-refractivity contribution is 1.17. The van der Waals surface area contributed by atoms with E-state index in [0.717, 1.165) is 0 Å². The summed E-state index contributed by atoms with van der Waals surface area (Å²) in [6.07, 6.45) is 2.84. The molecule has 0 saturated carbocycles. The molecule has 86 valence electrons. The molecule has 2 aromatic rings. The first-order valence-electron chi connectivity index (χ1n) is 5.01. The zero-order valence-corrected chi connectivity index (χ0v) is 9.25. The van der Waals surface area contributed by atoms with Gasteiger partial charge in [0.25, 0.3) is 0 Å². The lowest BCUT2D eigenvalue weighted by Gasteiger charge is -2.07. The third-order valence-electron chi connectivity index (χ3n) is 2.26. The number of anilines is 3. The van der Waals surface area contributed by atoms with Crippen LogP contribution in [0.5, 0.6) is 0 Å². The topological polar surface area (TPSA) is 111 Å². The Kier molecular flexibility index (Phi) is 3.04. The molecule has 0 saturated heterocycles. The number of rotatable bonds is 2. The maximum Gasteiger partial charge on any atom is 0.157 e. The highest BCUT2D eigenvalue weighted by atomic mass is 15.0. The van der Waals surface area contributed by atoms with Gasteiger partial charge in [0, 0.05) is 5.69 Å². The van der Waals surface area contributed by atoms with Crippen molar-refractivity contribution >= 4 is 17.2 Å². The summed E-state index contributed by atoms with van der Waals surface area (Å²) in [4.78, 5) is 7.75. The first-order chi connectivity index (χ1) is 8.74. The van der Waals surface area contributed by atoms with Gasteiger partial charge >= 0.3 is 0 Å². The molecule has 0 amide bonds. The number of hydrogen-bond acceptors (Lipinski definition) is 6. The van der Waals surface area contributed by atoms with Gasteiger partial charge in [-0.1, -0.05) is 0 Å². The molecule has 0 aliphatic heterocycles. The molecule has 1 heterocycles. The van der Waals surface area contributed by atoms with Gasteiger partial charge in [-0.25, -0.2) is 9.97 Å². The van der Waals surface area contributed by atoms with E-state index in [-0.39, 0.29) is 0 Å². The second kappa shape index (κ2) is 4.81. The van der Waals surface area contributed by atoms with Crippen molar-refractivity contribution in [2.45, 2.75) is 0 Å². The molecule has 0 fully saturated rings. The van der Waals surface area contributed by atoms with Gasteiger partial charge in [0.15, 0.2) is 5.82 Å². The van der Waals surface area contributed by atoms with E-state index < -0.39 is 0 Å². The van der Waals surface area contributed by atoms with E-state index in [4.69, 9.17) is 16.3 Å². The van der Waals surface area contributed by atoms with E-state index in [2.05, 4.69) is 15.3 Å². The zero-order valence-electron chi connectivity index (χ0n) is 9.25. The Balaban J connectivity index is 2.35. The summed E-state index contributed by atoms with van der Waals surface area (Å²) < 4.78 is 0. The fourth-order valence-corrected chi connectivity index (χ4v) is 1.39. The number of aromatic nitrogens is 2. The monoisotopic (exact) mass is 236 g/mol. The highest BCUT2D eigenvalue weighted by Crippen LogP contribution is 2.21. The summed E-state index contributed by atoms with van der Waals surface area (Å²) in [6.45, 7) is 0. The Morgan fingerprint density at radius 3 is 2.61 bits per heavy atom. The number of nitrogens with two attached hydrogens (primary N) is 1. The number of nitrogen functional groups attached to an aromatic ring is 1. The molecule has 6 heteroatoms. The zero-order chi connectivity index (χ0) is 13.0. The van der Waals surface area contributed by atoms with Crippen molar-refractivity contribution < 1.29 is 0 Å². The molecule has 0 aliphatic rings. The van der Waals surface area contributed by atoms with Gasteiger partial charge in [-0.05, 0) is 18.2 Å². The van der Waals surface area contributed by atoms with Crippen LogP contribution in [-0.4, -0.2) is 9.97 Å². The molecule has 6 nitrogen and oxygen atoms in total. The van der Waals surface area contributed by atoms with E-state index in [1.807, 2.05) is 12.1 Å². The van der Waals surface area contributed by atoms with E-state index in [0.29, 0.717) is 28.3 Å². The first-order valence-corrected chi connectivity index (χ1v) is 5.01. The van der Waals surface area contributed by atoms with Crippen LogP contribution in [0.4, 0.5) is 17.2 Å². The minimum atomic E-state index is 0.301. The van der Waals surface area contributed by atoms with Gasteiger partial charge in [-0.15, -0.1) is 0 Å². The van der Waals surface area contributed by atoms with Crippen molar-refractivity contribution in [1.82, 2.24) is 9.97 Å². The summed E-state index contributed by atoms with van der Waals surface area (Å²) in [7, 11) is 0. The summed E-state index contributed by atoms with van der Waals surface area (Å²) in [5.74, 6) is 0.457. The second-order valence-corrected chi connectivity index (χ2v) is 3.44. The Hall–Kier alpha value is -3.12. The number of nitrogens with one attached hydrogen (secondary N) is 1. The molecule has 0 atom stereocenters. The summed E-state index contributed by atoms with van der Waals surface area (Å²) in [6, 6.07) is 8.73. The maximum absolute atomic E-state index is 8.92. The average Bonchev–Trinajstić information content (AvgIpc) is 2.41. The van der Waals surface area contributed by atoms with Crippen LogP contribution < -0.4 is 11.1 Å². The van der Waals surface area contributed by atoms with Crippen LogP contribution in [0.15, 0.2) is 30.7 Å². The van der Waals surface area contributed by atoms with Gasteiger partial charge in [0.1, 0.15) is 18.5 Å². The van der Waals surface area contributed by atoms with Crippen LogP contribution in [0.25, 0.3) is 0 Å². The highest BCUT2D eigenvalue weighted by molar-refractivity contribution is 5.69. The van der Waals surface area contributed by atoms with Crippen molar-refractivity contribution in [2.24, 2.45) is 0 Å². The molecule has 0 aliphatic carbocycles. The molecule has 0 radical (unpaired) electrons. The van der Waals surface area contributed by atoms with E-state index in [1.165, 1.54) is 12.5 Å². The SMILES string of the molecule is N#Cc1ccc(Nc2ncncc2N)cc1C#N. The number of hydrogen-bond donors (Lipinski definition) is 2. The van der Waals surface area contributed by atoms with Crippen molar-refractivity contribution in [2.75, 3.05) is 11.1 Å². The predicted octanol–water partition coefficient (Wildman–Crippen LogP) is 1.55. The second-order valence-electron chi connectivity index (χ2n) is 3.44. The first kappa shape index (κ1) is 11.4. The Morgan fingerprint density at radius 1 is 1.17 bits per heavy atom. The predicted molar refractivity (Wildman–Crippen MR) is 65.6 cm³/mol. The molecule has 0 spiro atoms. The fraction of sp³-hybridized carbons (Fsp3) is 0. The lowest BCUT2D eigenvalue weighted by Crippen LogP contribution is -2.00. The van der Waals surface area contributed by atoms with E-state index in [1.54, 1.807) is 18.2 Å². The third kappa shape index (κ3) is 2.18. The van der Waals surface area contributed by atoms with Crippen LogP contribution in [0.1, 0.15) is 11.1 Å². The quantitative estimate of drug-likeness (QED) is 0.818. The van der Waals surface area contributed by atoms with Gasteiger partial charge in [0.2, 0.25) is 0 Å². The Morgan fingerprint density at radius 2 is 1.94 bits per heavy atom. The molecule has 0 bridgehead atoms. The van der Waals surface area contributed by atoms with Crippen LogP contribution >= 0.6 is 0 Å². The fourth-order valence-electron chi connectivity index (χ4n) is 1.39. The molecule has 1 aromatic carbocycles. The van der Waals surface area contributed by atoms with Crippen LogP contribution in [0.2, 0.25) is 0 Å². The average molecular weight is 236 g/mol. The molecule has 1 aromatic heterocycles. The summed E-state index contributed by atoms with van der Waals surface area (Å²) in [5.41, 5.74) is 7.36. The molecule has 3 N–H and O–H groups in total. The number of nitriles is 2. The summed E-state index contributed by atoms with van der Waals surface area (Å²) >= 11 is 0. The highest BCUT2D eigenvalue weighted by Gasteiger charge is 2.05. The van der Waals surface area contributed by atoms with Gasteiger partial charge in [-0.2, -0.15) is 10.5 Å². The van der Waals surface area contributed by atoms with Crippen molar-refractivity contribution in [3.8, 4) is 12.1 Å². The van der Waals surface area contributed by atoms with Crippen molar-refractivity contribution in [3.05, 3.63) is 41.9 Å². The minimum absolute atomic E-state index is 0.301. The Bertz CT molecular complexity index is 665.